The molecule has 3 aliphatic carbocycles. The standard InChI is InChI=1S/C28H24O/c29-27-24-14-8-7-13-23(24)26(19-9-3-1-4-10-19)25-18-28(27,21-11-5-2-6-12-21)22-16-15-20(25)17-22/h1-14,20,22H,15-18H2/t20-,22+,28-/m1/s1. The minimum Gasteiger partial charge on any atom is -0.293 e. The van der Waals surface area contributed by atoms with Gasteiger partial charge in [0.2, 0.25) is 0 Å². The molecule has 3 aromatic rings. The monoisotopic (exact) mass is 376 g/mol. The molecule has 6 rings (SSSR count). The normalized spacial score (nSPS) is 27.5. The van der Waals surface area contributed by atoms with Crippen LogP contribution in [0.5, 0.6) is 0 Å². The molecular weight excluding hydrogens is 352 g/mol. The first kappa shape index (κ1) is 17.0. The molecule has 0 radical (unpaired) electrons. The van der Waals surface area contributed by atoms with E-state index in [1.165, 1.54) is 28.7 Å². The van der Waals surface area contributed by atoms with Crippen molar-refractivity contribution in [1.29, 1.82) is 0 Å². The van der Waals surface area contributed by atoms with Crippen molar-refractivity contribution in [3.8, 4) is 0 Å². The smallest absolute Gasteiger partial charge is 0.174 e. The highest BCUT2D eigenvalue weighted by Gasteiger charge is 2.56. The van der Waals surface area contributed by atoms with Crippen LogP contribution in [-0.4, -0.2) is 5.78 Å². The van der Waals surface area contributed by atoms with Gasteiger partial charge in [-0.05, 0) is 59.8 Å². The summed E-state index contributed by atoms with van der Waals surface area (Å²) in [5.41, 5.74) is 6.89. The highest BCUT2D eigenvalue weighted by Crippen LogP contribution is 2.60. The molecule has 2 fully saturated rings. The lowest BCUT2D eigenvalue weighted by atomic mass is 9.59. The molecule has 0 N–H and O–H groups in total. The van der Waals surface area contributed by atoms with Gasteiger partial charge >= 0.3 is 0 Å². The highest BCUT2D eigenvalue weighted by molar-refractivity contribution is 6.11. The van der Waals surface area contributed by atoms with Gasteiger partial charge in [-0.1, -0.05) is 90.5 Å². The largest absolute Gasteiger partial charge is 0.293 e. The molecule has 0 spiro atoms. The molecular formula is C28H24O. The molecule has 0 aliphatic heterocycles. The summed E-state index contributed by atoms with van der Waals surface area (Å²) in [5, 5.41) is 0. The summed E-state index contributed by atoms with van der Waals surface area (Å²) in [6, 6.07) is 29.7. The van der Waals surface area contributed by atoms with Crippen molar-refractivity contribution < 1.29 is 4.79 Å². The van der Waals surface area contributed by atoms with E-state index in [0.717, 1.165) is 30.4 Å². The number of hydrogen-bond donors (Lipinski definition) is 0. The Hall–Kier alpha value is -2.93. The first-order valence-corrected chi connectivity index (χ1v) is 10.8. The number of Topliss-reactive ketones (excluding diaryl/α,β-unsaturated/α-hetero) is 1. The molecule has 0 saturated heterocycles. The number of hydrogen-bond acceptors (Lipinski definition) is 1. The lowest BCUT2D eigenvalue weighted by Crippen LogP contribution is -2.44. The van der Waals surface area contributed by atoms with Crippen LogP contribution in [-0.2, 0) is 5.41 Å². The summed E-state index contributed by atoms with van der Waals surface area (Å²) in [7, 11) is 0. The number of ketones is 1. The maximum Gasteiger partial charge on any atom is 0.174 e. The summed E-state index contributed by atoms with van der Waals surface area (Å²) >= 11 is 0. The van der Waals surface area contributed by atoms with Crippen LogP contribution >= 0.6 is 0 Å². The summed E-state index contributed by atoms with van der Waals surface area (Å²) < 4.78 is 0. The average molecular weight is 376 g/mol. The Bertz CT molecular complexity index is 1130. The van der Waals surface area contributed by atoms with Gasteiger partial charge in [-0.2, -0.15) is 0 Å². The Morgan fingerprint density at radius 3 is 2.14 bits per heavy atom. The number of fused-ring (bicyclic) bond motifs is 7. The molecule has 142 valence electrons. The Balaban J connectivity index is 1.72. The fraction of sp³-hybridized carbons (Fsp3) is 0.250. The van der Waals surface area contributed by atoms with Gasteiger partial charge in [-0.15, -0.1) is 0 Å². The number of carbonyl (C=O) groups excluding carboxylic acids is 1. The van der Waals surface area contributed by atoms with Gasteiger partial charge in [0.25, 0.3) is 0 Å². The molecule has 4 bridgehead atoms. The van der Waals surface area contributed by atoms with Gasteiger partial charge in [0, 0.05) is 5.56 Å². The zero-order valence-corrected chi connectivity index (χ0v) is 16.5. The Morgan fingerprint density at radius 1 is 0.724 bits per heavy atom. The maximum atomic E-state index is 14.3. The lowest BCUT2D eigenvalue weighted by Gasteiger charge is -2.42. The number of carbonyl (C=O) groups is 1. The summed E-state index contributed by atoms with van der Waals surface area (Å²) in [5.74, 6) is 1.37. The zero-order chi connectivity index (χ0) is 19.4. The molecule has 29 heavy (non-hydrogen) atoms. The Kier molecular flexibility index (Phi) is 3.68. The van der Waals surface area contributed by atoms with E-state index >= 15 is 0 Å². The topological polar surface area (TPSA) is 17.1 Å². The predicted molar refractivity (Wildman–Crippen MR) is 117 cm³/mol. The van der Waals surface area contributed by atoms with Gasteiger partial charge in [0.1, 0.15) is 0 Å². The fourth-order valence-corrected chi connectivity index (χ4v) is 6.36. The third kappa shape index (κ3) is 2.31. The summed E-state index contributed by atoms with van der Waals surface area (Å²) in [6.07, 6.45) is 4.36. The molecule has 0 heterocycles. The second-order valence-corrected chi connectivity index (χ2v) is 8.86. The van der Waals surface area contributed by atoms with Crippen LogP contribution in [0.25, 0.3) is 5.57 Å². The second-order valence-electron chi connectivity index (χ2n) is 8.86. The molecule has 1 nitrogen and oxygen atoms in total. The van der Waals surface area contributed by atoms with Crippen molar-refractivity contribution in [2.75, 3.05) is 0 Å². The van der Waals surface area contributed by atoms with Crippen LogP contribution in [0.2, 0.25) is 0 Å². The van der Waals surface area contributed by atoms with Crippen molar-refractivity contribution in [2.24, 2.45) is 11.8 Å². The number of allylic oxidation sites excluding steroid dienone is 1. The van der Waals surface area contributed by atoms with Gasteiger partial charge < -0.3 is 0 Å². The van der Waals surface area contributed by atoms with Gasteiger partial charge in [0.05, 0.1) is 5.41 Å². The van der Waals surface area contributed by atoms with Crippen molar-refractivity contribution >= 4 is 11.4 Å². The minimum atomic E-state index is -0.420. The quantitative estimate of drug-likeness (QED) is 0.503. The van der Waals surface area contributed by atoms with Crippen LogP contribution in [0.15, 0.2) is 90.5 Å². The van der Waals surface area contributed by atoms with Crippen molar-refractivity contribution in [3.05, 3.63) is 113 Å². The first-order valence-electron chi connectivity index (χ1n) is 10.8. The average Bonchev–Trinajstić information content (AvgIpc) is 3.19. The van der Waals surface area contributed by atoms with E-state index < -0.39 is 5.41 Å². The summed E-state index contributed by atoms with van der Waals surface area (Å²) in [4.78, 5) is 14.3. The van der Waals surface area contributed by atoms with Gasteiger partial charge in [0.15, 0.2) is 5.78 Å². The molecule has 3 aromatic carbocycles. The minimum absolute atomic E-state index is 0.327. The molecule has 0 unspecified atom stereocenters. The Labute approximate surface area is 172 Å². The van der Waals surface area contributed by atoms with E-state index in [0.29, 0.717) is 17.6 Å². The molecule has 0 amide bonds. The van der Waals surface area contributed by atoms with E-state index in [1.54, 1.807) is 0 Å². The predicted octanol–water partition coefficient (Wildman–Crippen LogP) is 6.44. The molecule has 3 atom stereocenters. The van der Waals surface area contributed by atoms with Crippen molar-refractivity contribution in [1.82, 2.24) is 0 Å². The number of rotatable bonds is 2. The molecule has 1 heteroatoms. The van der Waals surface area contributed by atoms with Crippen molar-refractivity contribution in [3.63, 3.8) is 0 Å². The van der Waals surface area contributed by atoms with Gasteiger partial charge in [-0.3, -0.25) is 4.79 Å². The van der Waals surface area contributed by atoms with E-state index in [4.69, 9.17) is 0 Å². The molecule has 3 aliphatic rings. The second kappa shape index (κ2) is 6.29. The number of benzene rings is 3. The maximum absolute atomic E-state index is 14.3. The molecule has 0 aromatic heterocycles. The van der Waals surface area contributed by atoms with Crippen LogP contribution in [0.3, 0.4) is 0 Å². The van der Waals surface area contributed by atoms with Gasteiger partial charge in [-0.25, -0.2) is 0 Å². The fourth-order valence-electron chi connectivity index (χ4n) is 6.36. The highest BCUT2D eigenvalue weighted by atomic mass is 16.1. The molecule has 2 saturated carbocycles. The SMILES string of the molecule is O=C1c2ccccc2C(c2ccccc2)=C2C[C@@]1(c1ccccc1)[C@H]1CC[C@@H]2C1. The summed E-state index contributed by atoms with van der Waals surface area (Å²) in [6.45, 7) is 0. The van der Waals surface area contributed by atoms with Crippen LogP contribution < -0.4 is 0 Å². The van der Waals surface area contributed by atoms with Crippen molar-refractivity contribution in [2.45, 2.75) is 31.1 Å². The first-order chi connectivity index (χ1) is 14.3. The van der Waals surface area contributed by atoms with Crippen LogP contribution in [0.1, 0.15) is 52.7 Å². The third-order valence-electron chi connectivity index (χ3n) is 7.61. The van der Waals surface area contributed by atoms with E-state index in [1.807, 2.05) is 6.07 Å². The van der Waals surface area contributed by atoms with E-state index in [-0.39, 0.29) is 0 Å². The van der Waals surface area contributed by atoms with Crippen LogP contribution in [0.4, 0.5) is 0 Å². The lowest BCUT2D eigenvalue weighted by molar-refractivity contribution is 0.0796. The Morgan fingerprint density at radius 2 is 1.38 bits per heavy atom. The third-order valence-corrected chi connectivity index (χ3v) is 7.61. The zero-order valence-electron chi connectivity index (χ0n) is 16.5. The van der Waals surface area contributed by atoms with Crippen LogP contribution in [0, 0.1) is 11.8 Å². The van der Waals surface area contributed by atoms with E-state index in [9.17, 15) is 4.79 Å². The van der Waals surface area contributed by atoms with E-state index in [2.05, 4.69) is 78.9 Å².